The van der Waals surface area contributed by atoms with Gasteiger partial charge in [0.15, 0.2) is 0 Å². The number of rotatable bonds is 5. The van der Waals surface area contributed by atoms with Crippen molar-refractivity contribution in [2.24, 2.45) is 11.7 Å². The molecule has 2 rings (SSSR count). The van der Waals surface area contributed by atoms with Crippen LogP contribution in [0.1, 0.15) is 6.42 Å². The molecule has 0 radical (unpaired) electrons. The Hall–Kier alpha value is -1.26. The summed E-state index contributed by atoms with van der Waals surface area (Å²) < 4.78 is 10.9. The third kappa shape index (κ3) is 3.37. The highest BCUT2D eigenvalue weighted by Crippen LogP contribution is 2.21. The van der Waals surface area contributed by atoms with E-state index in [1.807, 2.05) is 24.3 Å². The lowest BCUT2D eigenvalue weighted by molar-refractivity contribution is 0.244. The van der Waals surface area contributed by atoms with Crippen LogP contribution in [0.25, 0.3) is 0 Å². The van der Waals surface area contributed by atoms with E-state index >= 15 is 0 Å². The van der Waals surface area contributed by atoms with Gasteiger partial charge in [0.05, 0.1) is 7.11 Å². The molecule has 2 N–H and O–H groups in total. The Labute approximate surface area is 109 Å². The van der Waals surface area contributed by atoms with E-state index < -0.39 is 0 Å². The van der Waals surface area contributed by atoms with Gasteiger partial charge in [-0.15, -0.1) is 0 Å². The number of nitrogens with zero attached hydrogens (tertiary/aromatic N) is 1. The summed E-state index contributed by atoms with van der Waals surface area (Å²) in [7, 11) is 3.79. The summed E-state index contributed by atoms with van der Waals surface area (Å²) in [5, 5.41) is 0. The van der Waals surface area contributed by atoms with Gasteiger partial charge >= 0.3 is 0 Å². The van der Waals surface area contributed by atoms with E-state index in [4.69, 9.17) is 15.2 Å². The number of methoxy groups -OCH3 is 1. The molecule has 0 aromatic heterocycles. The van der Waals surface area contributed by atoms with Crippen molar-refractivity contribution in [3.63, 3.8) is 0 Å². The average Bonchev–Trinajstić information content (AvgIpc) is 2.83. The molecular weight excluding hydrogens is 228 g/mol. The minimum absolute atomic E-state index is 0.0983. The fourth-order valence-electron chi connectivity index (χ4n) is 2.34. The second-order valence-corrected chi connectivity index (χ2v) is 4.96. The van der Waals surface area contributed by atoms with Crippen molar-refractivity contribution >= 4 is 0 Å². The SMILES string of the molecule is COc1cccc(OCC(N)C2CCN(C)C2)c1. The molecular formula is C14H22N2O2. The van der Waals surface area contributed by atoms with Gasteiger partial charge < -0.3 is 20.1 Å². The molecule has 1 aromatic carbocycles. The maximum absolute atomic E-state index is 6.18. The van der Waals surface area contributed by atoms with E-state index in [1.165, 1.54) is 6.42 Å². The quantitative estimate of drug-likeness (QED) is 0.857. The fourth-order valence-corrected chi connectivity index (χ4v) is 2.34. The second-order valence-electron chi connectivity index (χ2n) is 4.96. The molecule has 1 aliphatic heterocycles. The number of likely N-dealkylation sites (tertiary alicyclic amines) is 1. The van der Waals surface area contributed by atoms with Crippen molar-refractivity contribution in [2.45, 2.75) is 12.5 Å². The lowest BCUT2D eigenvalue weighted by Crippen LogP contribution is -2.37. The van der Waals surface area contributed by atoms with Gasteiger partial charge in [-0.3, -0.25) is 0 Å². The summed E-state index contributed by atoms with van der Waals surface area (Å²) in [4.78, 5) is 2.32. The van der Waals surface area contributed by atoms with Gasteiger partial charge in [-0.25, -0.2) is 0 Å². The lowest BCUT2D eigenvalue weighted by Gasteiger charge is -2.19. The van der Waals surface area contributed by atoms with Crippen LogP contribution in [0.2, 0.25) is 0 Å². The molecule has 0 aliphatic carbocycles. The zero-order chi connectivity index (χ0) is 13.0. The predicted molar refractivity (Wildman–Crippen MR) is 72.1 cm³/mol. The van der Waals surface area contributed by atoms with Crippen molar-refractivity contribution in [3.05, 3.63) is 24.3 Å². The van der Waals surface area contributed by atoms with Gasteiger partial charge in [0.2, 0.25) is 0 Å². The zero-order valence-corrected chi connectivity index (χ0v) is 11.1. The molecule has 1 fully saturated rings. The summed E-state index contributed by atoms with van der Waals surface area (Å²) in [6.07, 6.45) is 1.17. The van der Waals surface area contributed by atoms with Gasteiger partial charge in [-0.05, 0) is 38.1 Å². The minimum atomic E-state index is 0.0983. The van der Waals surface area contributed by atoms with Crippen LogP contribution in [0.15, 0.2) is 24.3 Å². The number of nitrogens with two attached hydrogens (primary N) is 1. The third-order valence-corrected chi connectivity index (χ3v) is 3.52. The summed E-state index contributed by atoms with van der Waals surface area (Å²) in [5.74, 6) is 2.17. The molecule has 0 spiro atoms. The standard InChI is InChI=1S/C14H22N2O2/c1-16-7-6-11(9-16)14(15)10-18-13-5-3-4-12(8-13)17-2/h3-5,8,11,14H,6-7,9-10,15H2,1-2H3. The first kappa shape index (κ1) is 13.2. The Morgan fingerprint density at radius 1 is 1.44 bits per heavy atom. The van der Waals surface area contributed by atoms with Crippen molar-refractivity contribution in [3.8, 4) is 11.5 Å². The molecule has 4 heteroatoms. The summed E-state index contributed by atoms with van der Waals surface area (Å²) in [6.45, 7) is 2.77. The lowest BCUT2D eigenvalue weighted by atomic mass is 10.0. The van der Waals surface area contributed by atoms with Crippen molar-refractivity contribution in [1.82, 2.24) is 4.90 Å². The van der Waals surface area contributed by atoms with E-state index in [0.717, 1.165) is 24.6 Å². The van der Waals surface area contributed by atoms with Gasteiger partial charge in [-0.1, -0.05) is 6.07 Å². The van der Waals surface area contributed by atoms with Gasteiger partial charge in [-0.2, -0.15) is 0 Å². The third-order valence-electron chi connectivity index (χ3n) is 3.52. The molecule has 100 valence electrons. The van der Waals surface area contributed by atoms with E-state index in [-0.39, 0.29) is 6.04 Å². The first-order valence-corrected chi connectivity index (χ1v) is 6.40. The molecule has 1 aromatic rings. The topological polar surface area (TPSA) is 47.7 Å². The van der Waals surface area contributed by atoms with E-state index in [2.05, 4.69) is 11.9 Å². The molecule has 1 saturated heterocycles. The van der Waals surface area contributed by atoms with Gasteiger partial charge in [0.1, 0.15) is 18.1 Å². The van der Waals surface area contributed by atoms with E-state index in [1.54, 1.807) is 7.11 Å². The molecule has 1 heterocycles. The summed E-state index contributed by atoms with van der Waals surface area (Å²) >= 11 is 0. The van der Waals surface area contributed by atoms with E-state index in [0.29, 0.717) is 12.5 Å². The zero-order valence-electron chi connectivity index (χ0n) is 11.1. The van der Waals surface area contributed by atoms with Crippen LogP contribution >= 0.6 is 0 Å². The molecule has 0 amide bonds. The first-order chi connectivity index (χ1) is 8.69. The van der Waals surface area contributed by atoms with Crippen molar-refractivity contribution in [1.29, 1.82) is 0 Å². The van der Waals surface area contributed by atoms with Crippen LogP contribution < -0.4 is 15.2 Å². The Balaban J connectivity index is 1.83. The maximum Gasteiger partial charge on any atom is 0.123 e. The molecule has 1 aliphatic rings. The van der Waals surface area contributed by atoms with Crippen molar-refractivity contribution in [2.75, 3.05) is 33.9 Å². The Bertz CT molecular complexity index is 384. The molecule has 18 heavy (non-hydrogen) atoms. The van der Waals surface area contributed by atoms with Crippen LogP contribution in [0.3, 0.4) is 0 Å². The summed E-state index contributed by atoms with van der Waals surface area (Å²) in [6, 6.07) is 7.73. The Morgan fingerprint density at radius 2 is 2.22 bits per heavy atom. The number of ether oxygens (including phenoxy) is 2. The summed E-state index contributed by atoms with van der Waals surface area (Å²) in [5.41, 5.74) is 6.18. The Morgan fingerprint density at radius 3 is 2.89 bits per heavy atom. The number of benzene rings is 1. The Kier molecular flexibility index (Phi) is 4.44. The van der Waals surface area contributed by atoms with Crippen LogP contribution in [0, 0.1) is 5.92 Å². The van der Waals surface area contributed by atoms with Crippen molar-refractivity contribution < 1.29 is 9.47 Å². The van der Waals surface area contributed by atoms with Crippen LogP contribution in [0.5, 0.6) is 11.5 Å². The molecule has 2 unspecified atom stereocenters. The van der Waals surface area contributed by atoms with Gasteiger partial charge in [0, 0.05) is 18.7 Å². The maximum atomic E-state index is 6.18. The largest absolute Gasteiger partial charge is 0.497 e. The second kappa shape index (κ2) is 6.07. The minimum Gasteiger partial charge on any atom is -0.497 e. The van der Waals surface area contributed by atoms with Crippen LogP contribution in [-0.4, -0.2) is 44.8 Å². The normalized spacial score (nSPS) is 21.8. The molecule has 2 atom stereocenters. The average molecular weight is 250 g/mol. The van der Waals surface area contributed by atoms with Crippen LogP contribution in [0.4, 0.5) is 0 Å². The monoisotopic (exact) mass is 250 g/mol. The molecule has 0 saturated carbocycles. The smallest absolute Gasteiger partial charge is 0.123 e. The number of hydrogen-bond donors (Lipinski definition) is 1. The molecule has 0 bridgehead atoms. The fraction of sp³-hybridized carbons (Fsp3) is 0.571. The van der Waals surface area contributed by atoms with Crippen LogP contribution in [-0.2, 0) is 0 Å². The highest BCUT2D eigenvalue weighted by atomic mass is 16.5. The van der Waals surface area contributed by atoms with Gasteiger partial charge in [0.25, 0.3) is 0 Å². The molecule has 4 nitrogen and oxygen atoms in total. The first-order valence-electron chi connectivity index (χ1n) is 6.40. The predicted octanol–water partition coefficient (Wildman–Crippen LogP) is 1.35. The van der Waals surface area contributed by atoms with E-state index in [9.17, 15) is 0 Å². The highest BCUT2D eigenvalue weighted by molar-refractivity contribution is 5.32. The highest BCUT2D eigenvalue weighted by Gasteiger charge is 2.25. The number of hydrogen-bond acceptors (Lipinski definition) is 4.